The van der Waals surface area contributed by atoms with Gasteiger partial charge in [0.05, 0.1) is 38.8 Å². The molecule has 2 amide bonds. The van der Waals surface area contributed by atoms with E-state index in [1.54, 1.807) is 61.3 Å². The number of carbonyl (C=O) groups excluding carboxylic acids is 3. The van der Waals surface area contributed by atoms with E-state index in [9.17, 15) is 19.2 Å². The Bertz CT molecular complexity index is 2120. The number of nitrogens with zero attached hydrogens (tertiary/aromatic N) is 6. The van der Waals surface area contributed by atoms with Crippen molar-refractivity contribution in [3.63, 3.8) is 0 Å². The Labute approximate surface area is 315 Å². The number of hydrogen-bond acceptors (Lipinski definition) is 10. The van der Waals surface area contributed by atoms with Crippen LogP contribution in [0.15, 0.2) is 59.8 Å². The third-order valence-electron chi connectivity index (χ3n) is 11.1. The maximum atomic E-state index is 13.6. The maximum Gasteiger partial charge on any atom is 0.259 e. The summed E-state index contributed by atoms with van der Waals surface area (Å²) in [5.41, 5.74) is 3.73. The van der Waals surface area contributed by atoms with Gasteiger partial charge in [-0.1, -0.05) is 0 Å². The van der Waals surface area contributed by atoms with Crippen LogP contribution in [0, 0.1) is 5.92 Å². The maximum absolute atomic E-state index is 13.6. The van der Waals surface area contributed by atoms with Crippen LogP contribution in [-0.4, -0.2) is 116 Å². The molecular formula is C41H48N6O7. The minimum atomic E-state index is -0.267. The summed E-state index contributed by atoms with van der Waals surface area (Å²) >= 11 is 0. The topological polar surface area (TPSA) is 127 Å². The Morgan fingerprint density at radius 2 is 1.52 bits per heavy atom. The van der Waals surface area contributed by atoms with Crippen molar-refractivity contribution in [3.05, 3.63) is 76.5 Å². The molecule has 2 aromatic heterocycles. The van der Waals surface area contributed by atoms with Crippen LogP contribution in [0.1, 0.15) is 41.6 Å². The average Bonchev–Trinajstić information content (AvgIpc) is 3.19. The zero-order valence-corrected chi connectivity index (χ0v) is 31.5. The molecule has 0 radical (unpaired) electrons. The molecule has 0 bridgehead atoms. The van der Waals surface area contributed by atoms with Gasteiger partial charge in [0.2, 0.25) is 5.91 Å². The van der Waals surface area contributed by atoms with E-state index in [4.69, 9.17) is 14.2 Å². The fraction of sp³-hybridized carbons (Fsp3) is 0.439. The van der Waals surface area contributed by atoms with Gasteiger partial charge in [0.15, 0.2) is 0 Å². The molecule has 284 valence electrons. The van der Waals surface area contributed by atoms with Gasteiger partial charge in [-0.2, -0.15) is 0 Å². The van der Waals surface area contributed by atoms with Gasteiger partial charge in [0.25, 0.3) is 11.5 Å². The van der Waals surface area contributed by atoms with Crippen molar-refractivity contribution in [1.29, 1.82) is 0 Å². The number of pyridine rings is 2. The first-order chi connectivity index (χ1) is 26.2. The molecule has 0 atom stereocenters. The van der Waals surface area contributed by atoms with E-state index in [1.165, 1.54) is 7.11 Å². The van der Waals surface area contributed by atoms with Crippen molar-refractivity contribution < 1.29 is 28.6 Å². The molecule has 3 fully saturated rings. The van der Waals surface area contributed by atoms with Gasteiger partial charge in [-0.15, -0.1) is 0 Å². The normalized spacial score (nSPS) is 17.6. The Balaban J connectivity index is 0.939. The number of Topliss-reactive ketones (excluding diaryl/α,β-unsaturated/α-hetero) is 1. The first-order valence-electron chi connectivity index (χ1n) is 18.6. The highest BCUT2D eigenvalue weighted by molar-refractivity contribution is 6.09. The Morgan fingerprint density at radius 3 is 2.22 bits per heavy atom. The molecule has 13 nitrogen and oxygen atoms in total. The molecule has 0 aliphatic carbocycles. The summed E-state index contributed by atoms with van der Waals surface area (Å²) in [4.78, 5) is 63.4. The molecule has 0 spiro atoms. The number of aromatic nitrogens is 2. The molecule has 54 heavy (non-hydrogen) atoms. The second kappa shape index (κ2) is 16.0. The van der Waals surface area contributed by atoms with Crippen LogP contribution < -0.4 is 24.7 Å². The second-order valence-electron chi connectivity index (χ2n) is 14.5. The lowest BCUT2D eigenvalue weighted by atomic mass is 9.95. The predicted octanol–water partition coefficient (Wildman–Crippen LogP) is 3.99. The zero-order valence-electron chi connectivity index (χ0n) is 31.5. The first kappa shape index (κ1) is 37.1. The van der Waals surface area contributed by atoms with E-state index in [0.717, 1.165) is 79.9 Å². The number of ether oxygens (including phenoxy) is 3. The van der Waals surface area contributed by atoms with Crippen molar-refractivity contribution >= 4 is 34.1 Å². The largest absolute Gasteiger partial charge is 0.496 e. The second-order valence-corrected chi connectivity index (χ2v) is 14.5. The number of methoxy groups -OCH3 is 3. The van der Waals surface area contributed by atoms with Gasteiger partial charge in [-0.05, 0) is 60.5 Å². The fourth-order valence-corrected chi connectivity index (χ4v) is 8.06. The SMILES string of the molecule is COc1cc(-c2cn(C)c(=O)c3cnccc23)c(OC)cc1CN1CCN(CC2CCN(C(=O)c3ccc(OC)c(N4CCC(=O)CC4=O)c3)CC2)CC1. The van der Waals surface area contributed by atoms with E-state index in [0.29, 0.717) is 53.6 Å². The van der Waals surface area contributed by atoms with E-state index in [1.807, 2.05) is 23.2 Å². The molecule has 3 aliphatic heterocycles. The summed E-state index contributed by atoms with van der Waals surface area (Å²) in [6, 6.07) is 11.1. The summed E-state index contributed by atoms with van der Waals surface area (Å²) in [7, 11) is 6.63. The van der Waals surface area contributed by atoms with Crippen LogP contribution in [0.25, 0.3) is 21.9 Å². The lowest BCUT2D eigenvalue weighted by molar-refractivity contribution is -0.128. The molecule has 3 aliphatic rings. The van der Waals surface area contributed by atoms with Crippen LogP contribution >= 0.6 is 0 Å². The Hall–Kier alpha value is -5.27. The number of rotatable bonds is 10. The third kappa shape index (κ3) is 7.56. The number of amides is 2. The highest BCUT2D eigenvalue weighted by Crippen LogP contribution is 2.39. The quantitative estimate of drug-likeness (QED) is 0.221. The fourth-order valence-electron chi connectivity index (χ4n) is 8.06. The number of hydrogen-bond donors (Lipinski definition) is 0. The van der Waals surface area contributed by atoms with E-state index in [-0.39, 0.29) is 36.1 Å². The summed E-state index contributed by atoms with van der Waals surface area (Å²) < 4.78 is 18.9. The molecule has 2 aromatic carbocycles. The van der Waals surface area contributed by atoms with Gasteiger partial charge >= 0.3 is 0 Å². The number of piperazine rings is 1. The number of carbonyl (C=O) groups is 3. The van der Waals surface area contributed by atoms with E-state index in [2.05, 4.69) is 20.9 Å². The average molecular weight is 737 g/mol. The van der Waals surface area contributed by atoms with Crippen molar-refractivity contribution in [2.75, 3.05) is 78.6 Å². The summed E-state index contributed by atoms with van der Waals surface area (Å²) in [6.07, 6.45) is 7.18. The molecule has 5 heterocycles. The summed E-state index contributed by atoms with van der Waals surface area (Å²) in [5.74, 6) is 2.12. The summed E-state index contributed by atoms with van der Waals surface area (Å²) in [5, 5.41) is 1.36. The monoisotopic (exact) mass is 736 g/mol. The number of piperidine rings is 2. The van der Waals surface area contributed by atoms with Crippen molar-refractivity contribution in [1.82, 2.24) is 24.3 Å². The van der Waals surface area contributed by atoms with Crippen LogP contribution in [0.2, 0.25) is 0 Å². The molecular weight excluding hydrogens is 688 g/mol. The number of ketones is 1. The highest BCUT2D eigenvalue weighted by atomic mass is 16.5. The van der Waals surface area contributed by atoms with Crippen molar-refractivity contribution in [3.8, 4) is 28.4 Å². The van der Waals surface area contributed by atoms with E-state index >= 15 is 0 Å². The molecule has 13 heteroatoms. The molecule has 0 unspecified atom stereocenters. The number of anilines is 1. The van der Waals surface area contributed by atoms with Gasteiger partial charge in [-0.25, -0.2) is 0 Å². The highest BCUT2D eigenvalue weighted by Gasteiger charge is 2.30. The smallest absolute Gasteiger partial charge is 0.259 e. The zero-order chi connectivity index (χ0) is 37.9. The third-order valence-corrected chi connectivity index (χ3v) is 11.1. The summed E-state index contributed by atoms with van der Waals surface area (Å²) in [6.45, 7) is 7.17. The van der Waals surface area contributed by atoms with Gasteiger partial charge < -0.3 is 33.5 Å². The molecule has 0 saturated carbocycles. The lowest BCUT2D eigenvalue weighted by Crippen LogP contribution is -2.48. The van der Waals surface area contributed by atoms with Crippen molar-refractivity contribution in [2.24, 2.45) is 13.0 Å². The number of likely N-dealkylation sites (tertiary alicyclic amines) is 1. The molecule has 7 rings (SSSR count). The van der Waals surface area contributed by atoms with Crippen molar-refractivity contribution in [2.45, 2.75) is 32.2 Å². The Morgan fingerprint density at radius 1 is 0.796 bits per heavy atom. The van der Waals surface area contributed by atoms with Crippen LogP contribution in [-0.2, 0) is 23.2 Å². The van der Waals surface area contributed by atoms with Crippen LogP contribution in [0.5, 0.6) is 17.2 Å². The number of aryl methyl sites for hydroxylation is 1. The van der Waals surface area contributed by atoms with Gasteiger partial charge in [0.1, 0.15) is 23.0 Å². The molecule has 0 N–H and O–H groups in total. The van der Waals surface area contributed by atoms with E-state index < -0.39 is 0 Å². The molecule has 4 aromatic rings. The Kier molecular flexibility index (Phi) is 11.0. The first-order valence-corrected chi connectivity index (χ1v) is 18.6. The lowest BCUT2D eigenvalue weighted by Gasteiger charge is -2.39. The number of fused-ring (bicyclic) bond motifs is 1. The van der Waals surface area contributed by atoms with Crippen LogP contribution in [0.4, 0.5) is 5.69 Å². The number of benzene rings is 2. The van der Waals surface area contributed by atoms with Gasteiger partial charge in [-0.3, -0.25) is 29.1 Å². The minimum absolute atomic E-state index is 0.0494. The standard InChI is InChI=1S/C41H48N6O7/c1-43-26-34(31-7-11-42-23-33(31)41(43)51)32-22-37(53-3)29(20-38(32)54-4)25-45-17-15-44(16-18-45)24-27-8-12-46(13-9-27)40(50)28-5-6-36(52-2)35(19-28)47-14-10-30(48)21-39(47)49/h5-7,11,19-20,22-23,26-27H,8-10,12-18,21,24-25H2,1-4H3. The van der Waals surface area contributed by atoms with Gasteiger partial charge in [0, 0.05) is 113 Å². The van der Waals surface area contributed by atoms with Crippen LogP contribution in [0.3, 0.4) is 0 Å². The molecule has 3 saturated heterocycles. The minimum Gasteiger partial charge on any atom is -0.496 e. The predicted molar refractivity (Wildman–Crippen MR) is 205 cm³/mol.